The molecule has 0 saturated heterocycles. The Morgan fingerprint density at radius 1 is 1.13 bits per heavy atom. The van der Waals surface area contributed by atoms with Crippen molar-refractivity contribution >= 4 is 27.9 Å². The van der Waals surface area contributed by atoms with Crippen LogP contribution in [0.1, 0.15) is 32.6 Å². The van der Waals surface area contributed by atoms with Gasteiger partial charge in [0.05, 0.1) is 11.1 Å². The van der Waals surface area contributed by atoms with Crippen molar-refractivity contribution in [3.05, 3.63) is 28.5 Å². The van der Waals surface area contributed by atoms with Gasteiger partial charge in [0.2, 0.25) is 0 Å². The van der Waals surface area contributed by atoms with Crippen molar-refractivity contribution in [2.24, 2.45) is 0 Å². The van der Waals surface area contributed by atoms with Gasteiger partial charge in [-0.1, -0.05) is 26.2 Å². The number of unbranched alkanes of at least 4 members (excludes halogenated alkanes) is 3. The normalized spacial score (nSPS) is 10.4. The molecule has 0 aromatic heterocycles. The molecule has 0 aliphatic heterocycles. The van der Waals surface area contributed by atoms with Crippen LogP contribution in [0.4, 0.5) is 4.39 Å². The Morgan fingerprint density at radius 2 is 1.87 bits per heavy atom. The average molecular weight is 391 g/mol. The number of ether oxygens (including phenoxy) is 3. The molecule has 0 atom stereocenters. The number of carbonyl (C=O) groups is 2. The van der Waals surface area contributed by atoms with E-state index in [0.717, 1.165) is 25.7 Å². The van der Waals surface area contributed by atoms with Crippen LogP contribution in [0.5, 0.6) is 5.75 Å². The fourth-order valence-electron chi connectivity index (χ4n) is 1.68. The summed E-state index contributed by atoms with van der Waals surface area (Å²) in [6, 6.07) is 3.67. The Kier molecular flexibility index (Phi) is 9.47. The SMILES string of the molecule is CCCCCCOC(=O)COCC(=O)Oc1ccc(F)cc1Br. The molecule has 23 heavy (non-hydrogen) atoms. The minimum Gasteiger partial charge on any atom is -0.464 e. The molecule has 0 aliphatic rings. The maximum Gasteiger partial charge on any atom is 0.337 e. The number of rotatable bonds is 10. The van der Waals surface area contributed by atoms with E-state index in [2.05, 4.69) is 22.9 Å². The predicted octanol–water partition coefficient (Wildman–Crippen LogP) is 3.63. The average Bonchev–Trinajstić information content (AvgIpc) is 2.50. The van der Waals surface area contributed by atoms with E-state index in [9.17, 15) is 14.0 Å². The van der Waals surface area contributed by atoms with Crippen molar-refractivity contribution in [1.29, 1.82) is 0 Å². The molecule has 0 N–H and O–H groups in total. The van der Waals surface area contributed by atoms with E-state index >= 15 is 0 Å². The highest BCUT2D eigenvalue weighted by atomic mass is 79.9. The first kappa shape index (κ1) is 19.6. The summed E-state index contributed by atoms with van der Waals surface area (Å²) >= 11 is 3.08. The van der Waals surface area contributed by atoms with E-state index in [-0.39, 0.29) is 12.4 Å². The smallest absolute Gasteiger partial charge is 0.337 e. The van der Waals surface area contributed by atoms with Gasteiger partial charge >= 0.3 is 11.9 Å². The Morgan fingerprint density at radius 3 is 2.57 bits per heavy atom. The Balaban J connectivity index is 2.17. The van der Waals surface area contributed by atoms with Crippen LogP contribution in [0.3, 0.4) is 0 Å². The van der Waals surface area contributed by atoms with E-state index in [4.69, 9.17) is 14.2 Å². The molecular formula is C16H20BrFO5. The number of carbonyl (C=O) groups excluding carboxylic acids is 2. The molecule has 0 heterocycles. The molecule has 5 nitrogen and oxygen atoms in total. The lowest BCUT2D eigenvalue weighted by atomic mass is 10.2. The highest BCUT2D eigenvalue weighted by molar-refractivity contribution is 9.10. The van der Waals surface area contributed by atoms with Crippen molar-refractivity contribution in [2.75, 3.05) is 19.8 Å². The Hall–Kier alpha value is -1.47. The summed E-state index contributed by atoms with van der Waals surface area (Å²) in [4.78, 5) is 22.9. The van der Waals surface area contributed by atoms with E-state index in [1.165, 1.54) is 18.2 Å². The second kappa shape index (κ2) is 11.1. The summed E-state index contributed by atoms with van der Waals surface area (Å²) in [6.07, 6.45) is 4.06. The van der Waals surface area contributed by atoms with Crippen LogP contribution >= 0.6 is 15.9 Å². The molecule has 0 unspecified atom stereocenters. The van der Waals surface area contributed by atoms with Gasteiger partial charge in [0.1, 0.15) is 24.8 Å². The summed E-state index contributed by atoms with van der Waals surface area (Å²) in [5.74, 6) is -1.47. The minimum atomic E-state index is -0.687. The van der Waals surface area contributed by atoms with Gasteiger partial charge in [-0.15, -0.1) is 0 Å². The monoisotopic (exact) mass is 390 g/mol. The first-order valence-corrected chi connectivity index (χ1v) is 8.21. The van der Waals surface area contributed by atoms with Crippen molar-refractivity contribution in [3.63, 3.8) is 0 Å². The van der Waals surface area contributed by atoms with Gasteiger partial charge in [-0.2, -0.15) is 0 Å². The fourth-order valence-corrected chi connectivity index (χ4v) is 2.12. The predicted molar refractivity (Wildman–Crippen MR) is 85.7 cm³/mol. The topological polar surface area (TPSA) is 61.8 Å². The first-order chi connectivity index (χ1) is 11.0. The number of hydrogen-bond donors (Lipinski definition) is 0. The molecular weight excluding hydrogens is 371 g/mol. The Labute approximate surface area is 143 Å². The minimum absolute atomic E-state index is 0.179. The van der Waals surface area contributed by atoms with Crippen LogP contribution in [0.15, 0.2) is 22.7 Å². The zero-order chi connectivity index (χ0) is 17.1. The number of benzene rings is 1. The molecule has 0 bridgehead atoms. The zero-order valence-electron chi connectivity index (χ0n) is 13.0. The lowest BCUT2D eigenvalue weighted by molar-refractivity contribution is -0.152. The van der Waals surface area contributed by atoms with E-state index < -0.39 is 24.4 Å². The van der Waals surface area contributed by atoms with Crippen LogP contribution in [-0.2, 0) is 19.1 Å². The van der Waals surface area contributed by atoms with Crippen LogP contribution in [-0.4, -0.2) is 31.8 Å². The first-order valence-electron chi connectivity index (χ1n) is 7.42. The Bertz CT molecular complexity index is 521. The van der Waals surface area contributed by atoms with Crippen LogP contribution in [0.25, 0.3) is 0 Å². The molecule has 0 saturated carbocycles. The quantitative estimate of drug-likeness (QED) is 0.346. The van der Waals surface area contributed by atoms with E-state index in [0.29, 0.717) is 11.1 Å². The highest BCUT2D eigenvalue weighted by Crippen LogP contribution is 2.25. The summed E-state index contributed by atoms with van der Waals surface area (Å²) in [7, 11) is 0. The maximum atomic E-state index is 12.9. The summed E-state index contributed by atoms with van der Waals surface area (Å²) in [5, 5.41) is 0. The van der Waals surface area contributed by atoms with E-state index in [1.807, 2.05) is 0 Å². The van der Waals surface area contributed by atoms with Crippen LogP contribution in [0.2, 0.25) is 0 Å². The number of esters is 2. The van der Waals surface area contributed by atoms with Gasteiger partial charge < -0.3 is 14.2 Å². The molecule has 0 fully saturated rings. The standard InChI is InChI=1S/C16H20BrFO5/c1-2-3-4-5-8-22-15(19)10-21-11-16(20)23-14-7-6-12(18)9-13(14)17/h6-7,9H,2-5,8,10-11H2,1H3. The van der Waals surface area contributed by atoms with Crippen molar-refractivity contribution in [3.8, 4) is 5.75 Å². The van der Waals surface area contributed by atoms with E-state index in [1.54, 1.807) is 0 Å². The third-order valence-corrected chi connectivity index (χ3v) is 3.44. The van der Waals surface area contributed by atoms with Gasteiger partial charge in [-0.3, -0.25) is 0 Å². The molecule has 1 rings (SSSR count). The number of hydrogen-bond acceptors (Lipinski definition) is 5. The van der Waals surface area contributed by atoms with Gasteiger partial charge in [-0.25, -0.2) is 14.0 Å². The second-order valence-corrected chi connectivity index (χ2v) is 5.68. The molecule has 1 aromatic rings. The zero-order valence-corrected chi connectivity index (χ0v) is 14.6. The van der Waals surface area contributed by atoms with Crippen molar-refractivity contribution in [1.82, 2.24) is 0 Å². The molecule has 1 aromatic carbocycles. The van der Waals surface area contributed by atoms with Crippen molar-refractivity contribution in [2.45, 2.75) is 32.6 Å². The lowest BCUT2D eigenvalue weighted by Gasteiger charge is -2.07. The molecule has 0 amide bonds. The molecule has 0 radical (unpaired) electrons. The molecule has 0 aliphatic carbocycles. The van der Waals surface area contributed by atoms with Crippen LogP contribution < -0.4 is 4.74 Å². The molecule has 7 heteroatoms. The third-order valence-electron chi connectivity index (χ3n) is 2.82. The fraction of sp³-hybridized carbons (Fsp3) is 0.500. The maximum absolute atomic E-state index is 12.9. The van der Waals surface area contributed by atoms with Gasteiger partial charge in [0.15, 0.2) is 0 Å². The summed E-state index contributed by atoms with van der Waals surface area (Å²) in [5.41, 5.74) is 0. The number of halogens is 2. The lowest BCUT2D eigenvalue weighted by Crippen LogP contribution is -2.20. The van der Waals surface area contributed by atoms with Gasteiger partial charge in [0, 0.05) is 0 Å². The largest absolute Gasteiger partial charge is 0.464 e. The summed E-state index contributed by atoms with van der Waals surface area (Å²) < 4.78 is 28.1. The summed E-state index contributed by atoms with van der Waals surface area (Å²) in [6.45, 7) is 1.75. The van der Waals surface area contributed by atoms with Gasteiger partial charge in [0.25, 0.3) is 0 Å². The molecule has 128 valence electrons. The van der Waals surface area contributed by atoms with Gasteiger partial charge in [-0.05, 0) is 40.5 Å². The van der Waals surface area contributed by atoms with Crippen LogP contribution in [0, 0.1) is 5.82 Å². The highest BCUT2D eigenvalue weighted by Gasteiger charge is 2.11. The molecule has 0 spiro atoms. The third kappa shape index (κ3) is 8.66. The van der Waals surface area contributed by atoms with Crippen molar-refractivity contribution < 1.29 is 28.2 Å². The second-order valence-electron chi connectivity index (χ2n) is 4.82.